The lowest BCUT2D eigenvalue weighted by atomic mass is 10.2. The minimum atomic E-state index is -3.69. The van der Waals surface area contributed by atoms with E-state index >= 15 is 0 Å². The van der Waals surface area contributed by atoms with Crippen LogP contribution in [0.15, 0.2) is 77.7 Å². The van der Waals surface area contributed by atoms with Crippen LogP contribution < -0.4 is 19.7 Å². The Balaban J connectivity index is 1.40. The highest BCUT2D eigenvalue weighted by Gasteiger charge is 2.30. The molecule has 0 unspecified atom stereocenters. The molecule has 0 fully saturated rings. The minimum absolute atomic E-state index is 0.0748. The van der Waals surface area contributed by atoms with Crippen LogP contribution in [0.25, 0.3) is 0 Å². The van der Waals surface area contributed by atoms with E-state index in [1.165, 1.54) is 16.4 Å². The molecule has 0 bridgehead atoms. The molecular weight excluding hydrogens is 486 g/mol. The van der Waals surface area contributed by atoms with Gasteiger partial charge in [0, 0.05) is 19.3 Å². The summed E-state index contributed by atoms with van der Waals surface area (Å²) >= 11 is 5.27. The Morgan fingerprint density at radius 3 is 2.49 bits per heavy atom. The zero-order valence-electron chi connectivity index (χ0n) is 19.1. The van der Waals surface area contributed by atoms with Crippen molar-refractivity contribution in [2.45, 2.75) is 11.3 Å². The Kier molecular flexibility index (Phi) is 7.64. The van der Waals surface area contributed by atoms with Gasteiger partial charge < -0.3 is 14.8 Å². The summed E-state index contributed by atoms with van der Waals surface area (Å²) in [4.78, 5) is 12.9. The molecule has 0 spiro atoms. The highest BCUT2D eigenvalue weighted by atomic mass is 32.2. The highest BCUT2D eigenvalue weighted by Crippen LogP contribution is 2.32. The van der Waals surface area contributed by atoms with Crippen LogP contribution in [0.3, 0.4) is 0 Å². The summed E-state index contributed by atoms with van der Waals surface area (Å²) in [6.45, 7) is 1.11. The number of benzene rings is 3. The van der Waals surface area contributed by atoms with Gasteiger partial charge in [-0.15, -0.1) is 0 Å². The molecule has 2 N–H and O–H groups in total. The number of para-hydroxylation sites is 2. The SMILES string of the molecule is COCCOc1ccccc1C(=O)NC(=S)Nc1ccc(S(=O)(=O)N2CCc3ccccc32)cc1. The van der Waals surface area contributed by atoms with Crippen LogP contribution in [0.4, 0.5) is 11.4 Å². The van der Waals surface area contributed by atoms with Crippen molar-refractivity contribution in [1.29, 1.82) is 0 Å². The van der Waals surface area contributed by atoms with Gasteiger partial charge in [-0.05, 0) is 66.7 Å². The molecule has 0 aromatic heterocycles. The Morgan fingerprint density at radius 2 is 1.71 bits per heavy atom. The number of thiocarbonyl (C=S) groups is 1. The molecule has 1 amide bonds. The number of ether oxygens (including phenoxy) is 2. The smallest absolute Gasteiger partial charge is 0.264 e. The summed E-state index contributed by atoms with van der Waals surface area (Å²) in [7, 11) is -2.12. The van der Waals surface area contributed by atoms with Gasteiger partial charge in [0.2, 0.25) is 0 Å². The third-order valence-electron chi connectivity index (χ3n) is 5.45. The monoisotopic (exact) mass is 511 g/mol. The van der Waals surface area contributed by atoms with Gasteiger partial charge in [-0.25, -0.2) is 8.42 Å². The number of carbonyl (C=O) groups excluding carboxylic acids is 1. The number of rotatable bonds is 8. The maximum atomic E-state index is 13.2. The lowest BCUT2D eigenvalue weighted by Crippen LogP contribution is -2.34. The van der Waals surface area contributed by atoms with Crippen LogP contribution in [0, 0.1) is 0 Å². The number of carbonyl (C=O) groups is 1. The van der Waals surface area contributed by atoms with Crippen LogP contribution in [0.5, 0.6) is 5.75 Å². The topological polar surface area (TPSA) is 97.0 Å². The van der Waals surface area contributed by atoms with E-state index < -0.39 is 15.9 Å². The fourth-order valence-electron chi connectivity index (χ4n) is 3.74. The fraction of sp³-hybridized carbons (Fsp3) is 0.200. The maximum Gasteiger partial charge on any atom is 0.264 e. The molecule has 0 aliphatic carbocycles. The number of hydrogen-bond acceptors (Lipinski definition) is 6. The van der Waals surface area contributed by atoms with E-state index in [9.17, 15) is 13.2 Å². The quantitative estimate of drug-likeness (QED) is 0.352. The van der Waals surface area contributed by atoms with E-state index in [1.54, 1.807) is 43.5 Å². The Morgan fingerprint density at radius 1 is 1.00 bits per heavy atom. The van der Waals surface area contributed by atoms with Crippen LogP contribution in [-0.2, 0) is 21.2 Å². The van der Waals surface area contributed by atoms with Gasteiger partial charge >= 0.3 is 0 Å². The zero-order chi connectivity index (χ0) is 24.8. The van der Waals surface area contributed by atoms with Crippen LogP contribution >= 0.6 is 12.2 Å². The first-order valence-corrected chi connectivity index (χ1v) is 12.8. The second-order valence-electron chi connectivity index (χ2n) is 7.73. The van der Waals surface area contributed by atoms with Gasteiger partial charge in [0.15, 0.2) is 5.11 Å². The number of sulfonamides is 1. The predicted molar refractivity (Wildman–Crippen MR) is 139 cm³/mol. The molecule has 0 atom stereocenters. The van der Waals surface area contributed by atoms with Gasteiger partial charge in [-0.3, -0.25) is 14.4 Å². The lowest BCUT2D eigenvalue weighted by Gasteiger charge is -2.20. The largest absolute Gasteiger partial charge is 0.490 e. The predicted octanol–water partition coefficient (Wildman–Crippen LogP) is 3.59. The second kappa shape index (κ2) is 10.9. The van der Waals surface area contributed by atoms with E-state index in [0.29, 0.717) is 48.9 Å². The number of amides is 1. The number of methoxy groups -OCH3 is 1. The number of anilines is 2. The van der Waals surface area contributed by atoms with E-state index in [0.717, 1.165) is 5.56 Å². The van der Waals surface area contributed by atoms with E-state index in [2.05, 4.69) is 10.6 Å². The highest BCUT2D eigenvalue weighted by molar-refractivity contribution is 7.92. The number of nitrogens with zero attached hydrogens (tertiary/aromatic N) is 1. The van der Waals surface area contributed by atoms with Crippen molar-refractivity contribution in [3.63, 3.8) is 0 Å². The molecule has 0 radical (unpaired) electrons. The Hall–Kier alpha value is -3.47. The van der Waals surface area contributed by atoms with E-state index in [4.69, 9.17) is 21.7 Å². The van der Waals surface area contributed by atoms with Crippen LogP contribution in [-0.4, -0.2) is 46.3 Å². The summed E-state index contributed by atoms with van der Waals surface area (Å²) in [6, 6.07) is 20.6. The molecule has 8 nitrogen and oxygen atoms in total. The van der Waals surface area contributed by atoms with Gasteiger partial charge in [0.1, 0.15) is 12.4 Å². The summed E-state index contributed by atoms with van der Waals surface area (Å²) < 4.78 is 38.3. The van der Waals surface area contributed by atoms with Crippen molar-refractivity contribution < 1.29 is 22.7 Å². The van der Waals surface area contributed by atoms with Gasteiger partial charge in [-0.2, -0.15) is 0 Å². The number of fused-ring (bicyclic) bond motifs is 1. The molecule has 35 heavy (non-hydrogen) atoms. The molecule has 3 aromatic carbocycles. The molecule has 1 heterocycles. The van der Waals surface area contributed by atoms with Gasteiger partial charge in [-0.1, -0.05) is 30.3 Å². The first-order valence-electron chi connectivity index (χ1n) is 10.9. The van der Waals surface area contributed by atoms with Gasteiger partial charge in [0.05, 0.1) is 22.8 Å². The molecule has 1 aliphatic rings. The average Bonchev–Trinajstić information content (AvgIpc) is 3.30. The van der Waals surface area contributed by atoms with E-state index in [1.807, 2.05) is 24.3 Å². The van der Waals surface area contributed by atoms with Crippen molar-refractivity contribution in [2.24, 2.45) is 0 Å². The third kappa shape index (κ3) is 5.61. The maximum absolute atomic E-state index is 13.2. The molecule has 4 rings (SSSR count). The van der Waals surface area contributed by atoms with Crippen molar-refractivity contribution in [3.05, 3.63) is 83.9 Å². The van der Waals surface area contributed by atoms with E-state index in [-0.39, 0.29) is 10.0 Å². The lowest BCUT2D eigenvalue weighted by molar-refractivity contribution is 0.0970. The van der Waals surface area contributed by atoms with Crippen molar-refractivity contribution in [3.8, 4) is 5.75 Å². The van der Waals surface area contributed by atoms with Crippen LogP contribution in [0.1, 0.15) is 15.9 Å². The normalized spacial score (nSPS) is 12.7. The molecule has 0 saturated carbocycles. The molecule has 3 aromatic rings. The zero-order valence-corrected chi connectivity index (χ0v) is 20.7. The molecule has 182 valence electrons. The first kappa shape index (κ1) is 24.6. The number of hydrogen-bond donors (Lipinski definition) is 2. The molecular formula is C25H25N3O5S2. The first-order chi connectivity index (χ1) is 16.9. The van der Waals surface area contributed by atoms with Crippen molar-refractivity contribution in [1.82, 2.24) is 5.32 Å². The Bertz CT molecular complexity index is 1330. The van der Waals surface area contributed by atoms with Crippen molar-refractivity contribution in [2.75, 3.05) is 36.5 Å². The number of nitrogens with one attached hydrogen (secondary N) is 2. The summed E-state index contributed by atoms with van der Waals surface area (Å²) in [6.07, 6.45) is 0.684. The third-order valence-corrected chi connectivity index (χ3v) is 7.48. The standard InChI is InChI=1S/C25H25N3O5S2/c1-32-16-17-33-23-9-5-3-7-21(23)24(29)27-25(34)26-19-10-12-20(13-11-19)35(30,31)28-15-14-18-6-2-4-8-22(18)28/h2-13H,14-17H2,1H3,(H2,26,27,29,34). The molecule has 10 heteroatoms. The molecule has 1 aliphatic heterocycles. The summed E-state index contributed by atoms with van der Waals surface area (Å²) in [5.41, 5.74) is 2.60. The van der Waals surface area contributed by atoms with Crippen LogP contribution in [0.2, 0.25) is 0 Å². The molecule has 0 saturated heterocycles. The van der Waals surface area contributed by atoms with Gasteiger partial charge in [0.25, 0.3) is 15.9 Å². The summed E-state index contributed by atoms with van der Waals surface area (Å²) in [5.74, 6) is -0.00897. The average molecular weight is 512 g/mol. The van der Waals surface area contributed by atoms with Crippen molar-refractivity contribution >= 4 is 44.6 Å². The second-order valence-corrected chi connectivity index (χ2v) is 10.00. The fourth-order valence-corrected chi connectivity index (χ4v) is 5.46. The minimum Gasteiger partial charge on any atom is -0.490 e. The Labute approximate surface area is 209 Å². The summed E-state index contributed by atoms with van der Waals surface area (Å²) in [5, 5.41) is 5.60.